The first-order valence-corrected chi connectivity index (χ1v) is 7.12. The van der Waals surface area contributed by atoms with Gasteiger partial charge in [-0.3, -0.25) is 9.59 Å². The molecule has 5 nitrogen and oxygen atoms in total. The third-order valence-electron chi connectivity index (χ3n) is 4.36. The van der Waals surface area contributed by atoms with Gasteiger partial charge in [-0.25, -0.2) is 0 Å². The van der Waals surface area contributed by atoms with E-state index in [-0.39, 0.29) is 5.91 Å². The maximum atomic E-state index is 12.4. The molecule has 0 spiro atoms. The van der Waals surface area contributed by atoms with Crippen molar-refractivity contribution in [2.24, 2.45) is 11.3 Å². The molecule has 5 heteroatoms. The number of methoxy groups -OCH3 is 1. The van der Waals surface area contributed by atoms with Crippen LogP contribution in [-0.2, 0) is 14.3 Å². The smallest absolute Gasteiger partial charge is 0.319 e. The van der Waals surface area contributed by atoms with E-state index in [0.29, 0.717) is 38.5 Å². The maximum Gasteiger partial charge on any atom is 0.319 e. The van der Waals surface area contributed by atoms with Crippen molar-refractivity contribution in [3.63, 3.8) is 0 Å². The summed E-state index contributed by atoms with van der Waals surface area (Å²) in [5.74, 6) is -0.671. The number of carbonyl (C=O) groups excluding carboxylic acids is 1. The molecule has 0 aromatic carbocycles. The average Bonchev–Trinajstić information content (AvgIpc) is 3.20. The van der Waals surface area contributed by atoms with Crippen molar-refractivity contribution in [2.45, 2.75) is 38.5 Å². The zero-order valence-electron chi connectivity index (χ0n) is 11.6. The van der Waals surface area contributed by atoms with Gasteiger partial charge in [-0.1, -0.05) is 6.42 Å². The molecule has 1 aliphatic heterocycles. The number of hydrogen-bond donors (Lipinski definition) is 1. The molecular formula is C14H23NO4. The first kappa shape index (κ1) is 14.3. The fourth-order valence-electron chi connectivity index (χ4n) is 2.88. The van der Waals surface area contributed by atoms with Crippen LogP contribution in [0.5, 0.6) is 0 Å². The van der Waals surface area contributed by atoms with E-state index in [4.69, 9.17) is 4.74 Å². The van der Waals surface area contributed by atoms with Gasteiger partial charge in [-0.15, -0.1) is 0 Å². The number of rotatable bonds is 5. The molecule has 2 fully saturated rings. The largest absolute Gasteiger partial charge is 0.480 e. The Kier molecular flexibility index (Phi) is 4.45. The third kappa shape index (κ3) is 3.08. The summed E-state index contributed by atoms with van der Waals surface area (Å²) in [5, 5.41) is 9.21. The number of nitrogens with zero attached hydrogens (tertiary/aromatic N) is 1. The molecule has 19 heavy (non-hydrogen) atoms. The van der Waals surface area contributed by atoms with Gasteiger partial charge in [-0.2, -0.15) is 0 Å². The van der Waals surface area contributed by atoms with E-state index in [0.717, 1.165) is 25.7 Å². The predicted octanol–water partition coefficient (Wildman–Crippen LogP) is 1.52. The Hall–Kier alpha value is -1.10. The van der Waals surface area contributed by atoms with Gasteiger partial charge in [0, 0.05) is 26.8 Å². The van der Waals surface area contributed by atoms with E-state index in [9.17, 15) is 14.7 Å². The molecule has 0 aromatic heterocycles. The minimum atomic E-state index is -1.09. The van der Waals surface area contributed by atoms with Crippen LogP contribution in [0.3, 0.4) is 0 Å². The summed E-state index contributed by atoms with van der Waals surface area (Å²) >= 11 is 0. The Balaban J connectivity index is 1.98. The van der Waals surface area contributed by atoms with Crippen molar-refractivity contribution in [2.75, 3.05) is 26.8 Å². The Morgan fingerprint density at radius 3 is 2.68 bits per heavy atom. The molecule has 1 N–H and O–H groups in total. The molecule has 0 bridgehead atoms. The van der Waals surface area contributed by atoms with Gasteiger partial charge in [0.1, 0.15) is 5.41 Å². The molecule has 2 aliphatic rings. The number of carboxylic acid groups (broad SMARTS) is 1. The van der Waals surface area contributed by atoms with Crippen molar-refractivity contribution >= 4 is 11.9 Å². The first-order chi connectivity index (χ1) is 9.10. The van der Waals surface area contributed by atoms with Gasteiger partial charge in [0.05, 0.1) is 0 Å². The van der Waals surface area contributed by atoms with Crippen molar-refractivity contribution in [3.05, 3.63) is 0 Å². The van der Waals surface area contributed by atoms with Gasteiger partial charge in [0.2, 0.25) is 5.91 Å². The van der Waals surface area contributed by atoms with E-state index in [1.807, 2.05) is 0 Å². The van der Waals surface area contributed by atoms with Crippen LogP contribution in [-0.4, -0.2) is 48.7 Å². The fraction of sp³-hybridized carbons (Fsp3) is 0.857. The Bertz CT molecular complexity index is 351. The number of hydrogen-bond acceptors (Lipinski definition) is 3. The van der Waals surface area contributed by atoms with Gasteiger partial charge in [-0.05, 0) is 38.0 Å². The number of carboxylic acids is 1. The van der Waals surface area contributed by atoms with Crippen LogP contribution in [0.1, 0.15) is 38.5 Å². The van der Waals surface area contributed by atoms with Crippen LogP contribution in [0.25, 0.3) is 0 Å². The molecule has 1 saturated carbocycles. The van der Waals surface area contributed by atoms with Crippen LogP contribution in [0, 0.1) is 11.3 Å². The number of aliphatic carboxylic acids is 1. The Morgan fingerprint density at radius 1 is 1.37 bits per heavy atom. The topological polar surface area (TPSA) is 66.8 Å². The van der Waals surface area contributed by atoms with Crippen molar-refractivity contribution in [3.8, 4) is 0 Å². The molecule has 1 atom stereocenters. The van der Waals surface area contributed by atoms with Crippen LogP contribution >= 0.6 is 0 Å². The summed E-state index contributed by atoms with van der Waals surface area (Å²) in [4.78, 5) is 25.4. The minimum absolute atomic E-state index is 0.163. The quantitative estimate of drug-likeness (QED) is 0.768. The Labute approximate surface area is 113 Å². The molecule has 0 aromatic rings. The Morgan fingerprint density at radius 2 is 2.11 bits per heavy atom. The molecule has 2 rings (SSSR count). The summed E-state index contributed by atoms with van der Waals surface area (Å²) in [6, 6.07) is 0. The number of likely N-dealkylation sites (tertiary alicyclic amines) is 1. The average molecular weight is 269 g/mol. The highest BCUT2D eigenvalue weighted by Gasteiger charge is 2.58. The molecule has 0 radical (unpaired) electrons. The molecular weight excluding hydrogens is 246 g/mol. The van der Waals surface area contributed by atoms with Gasteiger partial charge in [0.15, 0.2) is 0 Å². The molecule has 1 unspecified atom stereocenters. The lowest BCUT2D eigenvalue weighted by Gasteiger charge is -2.27. The van der Waals surface area contributed by atoms with E-state index < -0.39 is 11.4 Å². The summed E-state index contributed by atoms with van der Waals surface area (Å²) in [6.07, 6.45) is 5.14. The normalized spacial score (nSPS) is 25.7. The fourth-order valence-corrected chi connectivity index (χ4v) is 2.88. The molecule has 108 valence electrons. The van der Waals surface area contributed by atoms with E-state index in [2.05, 4.69) is 0 Å². The highest BCUT2D eigenvalue weighted by atomic mass is 16.5. The van der Waals surface area contributed by atoms with Gasteiger partial charge >= 0.3 is 5.97 Å². The van der Waals surface area contributed by atoms with Crippen LogP contribution in [0.4, 0.5) is 0 Å². The lowest BCUT2D eigenvalue weighted by molar-refractivity contribution is -0.153. The monoisotopic (exact) mass is 269 g/mol. The highest BCUT2D eigenvalue weighted by Crippen LogP contribution is 2.47. The zero-order valence-corrected chi connectivity index (χ0v) is 11.6. The van der Waals surface area contributed by atoms with Crippen LogP contribution in [0.2, 0.25) is 0 Å². The van der Waals surface area contributed by atoms with Crippen LogP contribution < -0.4 is 0 Å². The van der Waals surface area contributed by atoms with Crippen molar-refractivity contribution in [1.29, 1.82) is 0 Å². The lowest BCUT2D eigenvalue weighted by atomic mass is 9.99. The standard InChI is InChI=1S/C14H23NO4/c1-19-9-5-11-4-2-3-8-15(10-11)12(16)14(6-7-14)13(17)18/h11H,2-10H2,1H3,(H,17,18). The first-order valence-electron chi connectivity index (χ1n) is 7.12. The molecule has 1 aliphatic carbocycles. The second-order valence-corrected chi connectivity index (χ2v) is 5.78. The maximum absolute atomic E-state index is 12.4. The summed E-state index contributed by atoms with van der Waals surface area (Å²) in [6.45, 7) is 2.10. The summed E-state index contributed by atoms with van der Waals surface area (Å²) in [5.41, 5.74) is -1.09. The number of carbonyl (C=O) groups is 2. The van der Waals surface area contributed by atoms with Crippen molar-refractivity contribution in [1.82, 2.24) is 4.90 Å². The van der Waals surface area contributed by atoms with E-state index >= 15 is 0 Å². The molecule has 1 saturated heterocycles. The minimum Gasteiger partial charge on any atom is -0.480 e. The molecule has 1 amide bonds. The third-order valence-corrected chi connectivity index (χ3v) is 4.36. The van der Waals surface area contributed by atoms with E-state index in [1.165, 1.54) is 0 Å². The number of amides is 1. The predicted molar refractivity (Wildman–Crippen MR) is 69.7 cm³/mol. The van der Waals surface area contributed by atoms with Crippen LogP contribution in [0.15, 0.2) is 0 Å². The lowest BCUT2D eigenvalue weighted by Crippen LogP contribution is -2.43. The van der Waals surface area contributed by atoms with Gasteiger partial charge in [0.25, 0.3) is 0 Å². The second-order valence-electron chi connectivity index (χ2n) is 5.78. The van der Waals surface area contributed by atoms with Gasteiger partial charge < -0.3 is 14.7 Å². The SMILES string of the molecule is COCCC1CCCCN(C(=O)C2(C(=O)O)CC2)C1. The highest BCUT2D eigenvalue weighted by molar-refractivity contribution is 6.04. The molecule has 1 heterocycles. The van der Waals surface area contributed by atoms with E-state index in [1.54, 1.807) is 12.0 Å². The zero-order chi connectivity index (χ0) is 13.9. The summed E-state index contributed by atoms with van der Waals surface area (Å²) < 4.78 is 5.10. The van der Waals surface area contributed by atoms with Crippen molar-refractivity contribution < 1.29 is 19.4 Å². The second kappa shape index (κ2) is 5.90. The summed E-state index contributed by atoms with van der Waals surface area (Å²) in [7, 11) is 1.68. The number of ether oxygens (including phenoxy) is 1.